The third kappa shape index (κ3) is 4.29. The average molecular weight is 383 g/mol. The SMILES string of the molecule is COc1ccccc1CC(C)NC(=O)Cc1c(C)oc2c1C(=O)CC(C)(C)C2. The number of Topliss-reactive ketones (excluding diaryl/α,β-unsaturated/α-hetero) is 1. The molecule has 0 saturated carbocycles. The van der Waals surface area contributed by atoms with Crippen LogP contribution >= 0.6 is 0 Å². The minimum atomic E-state index is -0.105. The van der Waals surface area contributed by atoms with Crippen molar-refractivity contribution in [1.82, 2.24) is 5.32 Å². The lowest BCUT2D eigenvalue weighted by molar-refractivity contribution is -0.121. The molecule has 1 unspecified atom stereocenters. The molecule has 1 heterocycles. The number of rotatable bonds is 6. The van der Waals surface area contributed by atoms with E-state index < -0.39 is 0 Å². The average Bonchev–Trinajstić information content (AvgIpc) is 2.89. The maximum absolute atomic E-state index is 12.6. The smallest absolute Gasteiger partial charge is 0.224 e. The van der Waals surface area contributed by atoms with Gasteiger partial charge in [-0.3, -0.25) is 9.59 Å². The summed E-state index contributed by atoms with van der Waals surface area (Å²) in [7, 11) is 1.64. The van der Waals surface area contributed by atoms with Crippen molar-refractivity contribution < 1.29 is 18.7 Å². The van der Waals surface area contributed by atoms with Gasteiger partial charge in [-0.05, 0) is 37.3 Å². The first-order valence-corrected chi connectivity index (χ1v) is 9.76. The first-order valence-electron chi connectivity index (χ1n) is 9.76. The Hall–Kier alpha value is -2.56. The van der Waals surface area contributed by atoms with Gasteiger partial charge in [-0.25, -0.2) is 0 Å². The predicted molar refractivity (Wildman–Crippen MR) is 108 cm³/mol. The molecule has 0 fully saturated rings. The zero-order valence-electron chi connectivity index (χ0n) is 17.3. The van der Waals surface area contributed by atoms with Crippen molar-refractivity contribution in [2.75, 3.05) is 7.11 Å². The molecule has 1 amide bonds. The van der Waals surface area contributed by atoms with E-state index in [-0.39, 0.29) is 29.6 Å². The van der Waals surface area contributed by atoms with Gasteiger partial charge in [0.2, 0.25) is 5.91 Å². The van der Waals surface area contributed by atoms with Crippen LogP contribution in [0.1, 0.15) is 60.2 Å². The van der Waals surface area contributed by atoms with E-state index in [1.807, 2.05) is 38.1 Å². The number of fused-ring (bicyclic) bond motifs is 1. The third-order valence-corrected chi connectivity index (χ3v) is 5.30. The van der Waals surface area contributed by atoms with E-state index in [1.165, 1.54) is 0 Å². The van der Waals surface area contributed by atoms with E-state index in [0.717, 1.165) is 29.1 Å². The van der Waals surface area contributed by atoms with Gasteiger partial charge in [0, 0.05) is 24.4 Å². The molecule has 1 aromatic heterocycles. The second kappa shape index (κ2) is 7.82. The lowest BCUT2D eigenvalue weighted by atomic mass is 9.75. The highest BCUT2D eigenvalue weighted by atomic mass is 16.5. The van der Waals surface area contributed by atoms with Crippen molar-refractivity contribution in [1.29, 1.82) is 0 Å². The Kier molecular flexibility index (Phi) is 5.64. The Morgan fingerprint density at radius 2 is 2.00 bits per heavy atom. The van der Waals surface area contributed by atoms with Crippen LogP contribution in [0.5, 0.6) is 5.75 Å². The van der Waals surface area contributed by atoms with Crippen molar-refractivity contribution in [3.8, 4) is 5.75 Å². The third-order valence-electron chi connectivity index (χ3n) is 5.30. The van der Waals surface area contributed by atoms with Gasteiger partial charge in [0.15, 0.2) is 5.78 Å². The molecule has 150 valence electrons. The number of nitrogens with one attached hydrogen (secondary N) is 1. The summed E-state index contributed by atoms with van der Waals surface area (Å²) < 4.78 is 11.2. The largest absolute Gasteiger partial charge is 0.496 e. The molecule has 0 bridgehead atoms. The summed E-state index contributed by atoms with van der Waals surface area (Å²) in [6.45, 7) is 7.93. The highest BCUT2D eigenvalue weighted by Gasteiger charge is 2.36. The number of para-hydroxylation sites is 1. The maximum atomic E-state index is 12.6. The normalized spacial score (nSPS) is 16.4. The maximum Gasteiger partial charge on any atom is 0.224 e. The zero-order chi connectivity index (χ0) is 20.5. The monoisotopic (exact) mass is 383 g/mol. The molecule has 5 heteroatoms. The molecule has 0 aliphatic heterocycles. The quantitative estimate of drug-likeness (QED) is 0.817. The summed E-state index contributed by atoms with van der Waals surface area (Å²) >= 11 is 0. The van der Waals surface area contributed by atoms with E-state index in [1.54, 1.807) is 7.11 Å². The molecule has 0 saturated heterocycles. The summed E-state index contributed by atoms with van der Waals surface area (Å²) in [6, 6.07) is 7.74. The second-order valence-corrected chi connectivity index (χ2v) is 8.54. The summed E-state index contributed by atoms with van der Waals surface area (Å²) in [5, 5.41) is 3.04. The van der Waals surface area contributed by atoms with E-state index in [2.05, 4.69) is 19.2 Å². The molecule has 28 heavy (non-hydrogen) atoms. The van der Waals surface area contributed by atoms with Gasteiger partial charge in [-0.15, -0.1) is 0 Å². The number of carbonyl (C=O) groups is 2. The summed E-state index contributed by atoms with van der Waals surface area (Å²) in [6.07, 6.45) is 2.04. The van der Waals surface area contributed by atoms with Crippen LogP contribution in [0, 0.1) is 12.3 Å². The van der Waals surface area contributed by atoms with E-state index in [0.29, 0.717) is 24.2 Å². The van der Waals surface area contributed by atoms with Gasteiger partial charge in [0.1, 0.15) is 17.3 Å². The number of furan rings is 1. The molecule has 1 aromatic carbocycles. The Labute approximate surface area is 166 Å². The number of methoxy groups -OCH3 is 1. The van der Waals surface area contributed by atoms with Gasteiger partial charge in [-0.1, -0.05) is 32.0 Å². The number of ether oxygens (including phenoxy) is 1. The first kappa shape index (κ1) is 20.2. The van der Waals surface area contributed by atoms with Crippen molar-refractivity contribution in [3.05, 3.63) is 52.5 Å². The Morgan fingerprint density at radius 1 is 1.29 bits per heavy atom. The van der Waals surface area contributed by atoms with Crippen LogP contribution in [0.15, 0.2) is 28.7 Å². The number of aryl methyl sites for hydroxylation is 1. The molecule has 3 rings (SSSR count). The number of hydrogen-bond donors (Lipinski definition) is 1. The number of benzene rings is 1. The number of amides is 1. The molecule has 0 spiro atoms. The van der Waals surface area contributed by atoms with Crippen molar-refractivity contribution in [2.45, 2.75) is 59.4 Å². The molecular formula is C23H29NO4. The zero-order valence-corrected chi connectivity index (χ0v) is 17.3. The van der Waals surface area contributed by atoms with Crippen LogP contribution in [-0.4, -0.2) is 24.8 Å². The van der Waals surface area contributed by atoms with E-state index in [9.17, 15) is 9.59 Å². The Morgan fingerprint density at radius 3 is 2.71 bits per heavy atom. The van der Waals surface area contributed by atoms with Gasteiger partial charge in [0.05, 0.1) is 19.1 Å². The molecule has 1 aliphatic rings. The molecule has 1 atom stereocenters. The fraction of sp³-hybridized carbons (Fsp3) is 0.478. The number of ketones is 1. The number of carbonyl (C=O) groups excluding carboxylic acids is 2. The fourth-order valence-corrected chi connectivity index (χ4v) is 4.06. The second-order valence-electron chi connectivity index (χ2n) is 8.54. The van der Waals surface area contributed by atoms with Crippen molar-refractivity contribution in [3.63, 3.8) is 0 Å². The summed E-state index contributed by atoms with van der Waals surface area (Å²) in [5.74, 6) is 2.18. The molecule has 2 aromatic rings. The van der Waals surface area contributed by atoms with Crippen molar-refractivity contribution >= 4 is 11.7 Å². The Balaban J connectivity index is 1.69. The van der Waals surface area contributed by atoms with Crippen LogP contribution in [0.2, 0.25) is 0 Å². The minimum absolute atomic E-state index is 0.0542. The van der Waals surface area contributed by atoms with Gasteiger partial charge in [0.25, 0.3) is 0 Å². The summed E-state index contributed by atoms with van der Waals surface area (Å²) in [4.78, 5) is 25.3. The van der Waals surface area contributed by atoms with Gasteiger partial charge >= 0.3 is 0 Å². The molecule has 1 N–H and O–H groups in total. The van der Waals surface area contributed by atoms with Gasteiger partial charge in [-0.2, -0.15) is 0 Å². The summed E-state index contributed by atoms with van der Waals surface area (Å²) in [5.41, 5.74) is 2.31. The van der Waals surface area contributed by atoms with Crippen LogP contribution < -0.4 is 10.1 Å². The van der Waals surface area contributed by atoms with Crippen LogP contribution in [0.25, 0.3) is 0 Å². The number of hydrogen-bond acceptors (Lipinski definition) is 4. The predicted octanol–water partition coefficient (Wildman–Crippen LogP) is 4.04. The molecule has 1 aliphatic carbocycles. The van der Waals surface area contributed by atoms with Gasteiger partial charge < -0.3 is 14.5 Å². The Bertz CT molecular complexity index is 894. The minimum Gasteiger partial charge on any atom is -0.496 e. The molecular weight excluding hydrogens is 354 g/mol. The first-order chi connectivity index (χ1) is 13.2. The highest BCUT2D eigenvalue weighted by molar-refractivity contribution is 6.01. The fourth-order valence-electron chi connectivity index (χ4n) is 4.06. The topological polar surface area (TPSA) is 68.5 Å². The van der Waals surface area contributed by atoms with Crippen molar-refractivity contribution in [2.24, 2.45) is 5.41 Å². The molecule has 0 radical (unpaired) electrons. The highest BCUT2D eigenvalue weighted by Crippen LogP contribution is 2.38. The molecule has 5 nitrogen and oxygen atoms in total. The van der Waals surface area contributed by atoms with Crippen LogP contribution in [0.4, 0.5) is 0 Å². The van der Waals surface area contributed by atoms with E-state index in [4.69, 9.17) is 9.15 Å². The van der Waals surface area contributed by atoms with E-state index >= 15 is 0 Å². The standard InChI is InChI=1S/C23H29NO4/c1-14(10-16-8-6-7-9-19(16)27-5)24-21(26)11-17-15(2)28-20-13-23(3,4)12-18(25)22(17)20/h6-9,14H,10-13H2,1-5H3,(H,24,26). The van der Waals surface area contributed by atoms with Crippen LogP contribution in [0.3, 0.4) is 0 Å². The lowest BCUT2D eigenvalue weighted by Crippen LogP contribution is -2.35. The van der Waals surface area contributed by atoms with Crippen LogP contribution in [-0.2, 0) is 24.1 Å². The lowest BCUT2D eigenvalue weighted by Gasteiger charge is -2.27.